The number of carbonyl (C=O) groups excluding carboxylic acids is 1. The molecule has 0 fully saturated rings. The summed E-state index contributed by atoms with van der Waals surface area (Å²) in [7, 11) is 0. The van der Waals surface area contributed by atoms with Crippen LogP contribution >= 0.6 is 0 Å². The van der Waals surface area contributed by atoms with Gasteiger partial charge in [-0.25, -0.2) is 9.78 Å². The molecular formula is C15H24N6O. The predicted octanol–water partition coefficient (Wildman–Crippen LogP) is 2.34. The topological polar surface area (TPSA) is 76.8 Å². The summed E-state index contributed by atoms with van der Waals surface area (Å²) in [5.74, 6) is 0. The SMILES string of the molecule is CCn1cc(NC(=O)N[C@H](Cn2ccnc2)C(C)(C)C)cn1. The predicted molar refractivity (Wildman–Crippen MR) is 85.5 cm³/mol. The molecule has 0 saturated heterocycles. The van der Waals surface area contributed by atoms with Gasteiger partial charge in [0.25, 0.3) is 0 Å². The number of nitrogens with zero attached hydrogens (tertiary/aromatic N) is 4. The molecule has 2 aromatic rings. The molecule has 22 heavy (non-hydrogen) atoms. The summed E-state index contributed by atoms with van der Waals surface area (Å²) < 4.78 is 3.73. The average molecular weight is 304 g/mol. The van der Waals surface area contributed by atoms with Crippen LogP contribution in [0.4, 0.5) is 10.5 Å². The molecule has 2 rings (SSSR count). The van der Waals surface area contributed by atoms with Gasteiger partial charge in [-0.05, 0) is 12.3 Å². The molecule has 0 radical (unpaired) electrons. The van der Waals surface area contributed by atoms with E-state index in [4.69, 9.17) is 0 Å². The van der Waals surface area contributed by atoms with E-state index in [1.807, 2.05) is 23.9 Å². The standard InChI is InChI=1S/C15H24N6O/c1-5-21-9-12(8-17-21)18-14(22)19-13(15(2,3)4)10-20-7-6-16-11-20/h6-9,11,13H,5,10H2,1-4H3,(H2,18,19,22)/t13-/m1/s1. The quantitative estimate of drug-likeness (QED) is 0.890. The van der Waals surface area contributed by atoms with Crippen LogP contribution in [0.2, 0.25) is 0 Å². The molecule has 7 heteroatoms. The zero-order chi connectivity index (χ0) is 16.2. The Labute approximate surface area is 130 Å². The fourth-order valence-corrected chi connectivity index (χ4v) is 2.07. The second kappa shape index (κ2) is 6.64. The van der Waals surface area contributed by atoms with E-state index in [2.05, 4.69) is 41.5 Å². The van der Waals surface area contributed by atoms with E-state index >= 15 is 0 Å². The summed E-state index contributed by atoms with van der Waals surface area (Å²) in [6.07, 6.45) is 8.83. The number of urea groups is 1. The highest BCUT2D eigenvalue weighted by Crippen LogP contribution is 2.21. The maximum absolute atomic E-state index is 12.2. The third kappa shape index (κ3) is 4.34. The molecule has 0 aliphatic carbocycles. The fraction of sp³-hybridized carbons (Fsp3) is 0.533. The van der Waals surface area contributed by atoms with Gasteiger partial charge in [-0.3, -0.25) is 4.68 Å². The Balaban J connectivity index is 1.98. The number of amides is 2. The molecule has 1 atom stereocenters. The van der Waals surface area contributed by atoms with Crippen LogP contribution in [0.15, 0.2) is 31.1 Å². The summed E-state index contributed by atoms with van der Waals surface area (Å²) in [5, 5.41) is 9.99. The molecule has 2 heterocycles. The van der Waals surface area contributed by atoms with E-state index < -0.39 is 0 Å². The second-order valence-electron chi connectivity index (χ2n) is 6.36. The van der Waals surface area contributed by atoms with Crippen LogP contribution in [-0.2, 0) is 13.1 Å². The largest absolute Gasteiger partial charge is 0.335 e. The molecular weight excluding hydrogens is 280 g/mol. The highest BCUT2D eigenvalue weighted by Gasteiger charge is 2.26. The van der Waals surface area contributed by atoms with Crippen LogP contribution in [0.5, 0.6) is 0 Å². The molecule has 0 aliphatic heterocycles. The van der Waals surface area contributed by atoms with Gasteiger partial charge in [-0.1, -0.05) is 20.8 Å². The number of aromatic nitrogens is 4. The molecule has 0 bridgehead atoms. The van der Waals surface area contributed by atoms with Crippen molar-refractivity contribution in [2.75, 3.05) is 5.32 Å². The zero-order valence-corrected chi connectivity index (χ0v) is 13.6. The van der Waals surface area contributed by atoms with Gasteiger partial charge < -0.3 is 15.2 Å². The van der Waals surface area contributed by atoms with E-state index in [0.717, 1.165) is 6.54 Å². The fourth-order valence-electron chi connectivity index (χ4n) is 2.07. The minimum atomic E-state index is -0.226. The Morgan fingerprint density at radius 2 is 2.18 bits per heavy atom. The maximum Gasteiger partial charge on any atom is 0.319 e. The third-order valence-electron chi connectivity index (χ3n) is 3.52. The van der Waals surface area contributed by atoms with E-state index in [9.17, 15) is 4.79 Å². The van der Waals surface area contributed by atoms with Gasteiger partial charge in [-0.15, -0.1) is 0 Å². The Morgan fingerprint density at radius 1 is 1.41 bits per heavy atom. The van der Waals surface area contributed by atoms with Crippen LogP contribution in [0, 0.1) is 5.41 Å². The molecule has 0 aliphatic rings. The smallest absolute Gasteiger partial charge is 0.319 e. The van der Waals surface area contributed by atoms with Gasteiger partial charge in [-0.2, -0.15) is 5.10 Å². The van der Waals surface area contributed by atoms with E-state index in [-0.39, 0.29) is 17.5 Å². The summed E-state index contributed by atoms with van der Waals surface area (Å²) >= 11 is 0. The first-order valence-corrected chi connectivity index (χ1v) is 7.44. The highest BCUT2D eigenvalue weighted by molar-refractivity contribution is 5.89. The van der Waals surface area contributed by atoms with Crippen LogP contribution in [0.3, 0.4) is 0 Å². The van der Waals surface area contributed by atoms with Crippen molar-refractivity contribution < 1.29 is 4.79 Å². The van der Waals surface area contributed by atoms with Crippen molar-refractivity contribution in [3.8, 4) is 0 Å². The van der Waals surface area contributed by atoms with Crippen molar-refractivity contribution in [2.24, 2.45) is 5.41 Å². The number of imidazole rings is 1. The van der Waals surface area contributed by atoms with E-state index in [0.29, 0.717) is 12.2 Å². The van der Waals surface area contributed by atoms with Crippen LogP contribution in [0.1, 0.15) is 27.7 Å². The molecule has 7 nitrogen and oxygen atoms in total. The average Bonchev–Trinajstić information content (AvgIpc) is 3.08. The maximum atomic E-state index is 12.2. The molecule has 2 aromatic heterocycles. The number of aryl methyl sites for hydroxylation is 1. The first-order chi connectivity index (χ1) is 10.4. The number of nitrogens with one attached hydrogen (secondary N) is 2. The lowest BCUT2D eigenvalue weighted by molar-refractivity contribution is 0.219. The van der Waals surface area contributed by atoms with Crippen LogP contribution in [-0.4, -0.2) is 31.4 Å². The number of carbonyl (C=O) groups is 1. The minimum Gasteiger partial charge on any atom is -0.335 e. The number of anilines is 1. The van der Waals surface area contributed by atoms with Crippen molar-refractivity contribution in [1.82, 2.24) is 24.6 Å². The molecule has 120 valence electrons. The molecule has 2 N–H and O–H groups in total. The van der Waals surface area contributed by atoms with Gasteiger partial charge >= 0.3 is 6.03 Å². The Bertz CT molecular complexity index is 596. The van der Waals surface area contributed by atoms with E-state index in [1.165, 1.54) is 0 Å². The first-order valence-electron chi connectivity index (χ1n) is 7.44. The van der Waals surface area contributed by atoms with Crippen molar-refractivity contribution in [3.63, 3.8) is 0 Å². The lowest BCUT2D eigenvalue weighted by Gasteiger charge is -2.31. The van der Waals surface area contributed by atoms with Crippen molar-refractivity contribution in [2.45, 2.75) is 46.8 Å². The lowest BCUT2D eigenvalue weighted by atomic mass is 9.86. The normalized spacial score (nSPS) is 12.9. The number of rotatable bonds is 5. The monoisotopic (exact) mass is 304 g/mol. The minimum absolute atomic E-state index is 0.0251. The molecule has 0 unspecified atom stereocenters. The van der Waals surface area contributed by atoms with Gasteiger partial charge in [0, 0.05) is 31.7 Å². The van der Waals surface area contributed by atoms with E-state index in [1.54, 1.807) is 23.4 Å². The lowest BCUT2D eigenvalue weighted by Crippen LogP contribution is -2.47. The first kappa shape index (κ1) is 16.1. The Morgan fingerprint density at radius 3 is 2.73 bits per heavy atom. The summed E-state index contributed by atoms with van der Waals surface area (Å²) in [5.41, 5.74) is 0.615. The summed E-state index contributed by atoms with van der Waals surface area (Å²) in [6.45, 7) is 9.75. The molecule has 2 amide bonds. The van der Waals surface area contributed by atoms with Gasteiger partial charge in [0.05, 0.1) is 24.3 Å². The van der Waals surface area contributed by atoms with Gasteiger partial charge in [0.15, 0.2) is 0 Å². The van der Waals surface area contributed by atoms with Crippen molar-refractivity contribution >= 4 is 11.7 Å². The van der Waals surface area contributed by atoms with Crippen molar-refractivity contribution in [1.29, 1.82) is 0 Å². The van der Waals surface area contributed by atoms with Crippen LogP contribution < -0.4 is 10.6 Å². The molecule has 0 spiro atoms. The van der Waals surface area contributed by atoms with Crippen LogP contribution in [0.25, 0.3) is 0 Å². The highest BCUT2D eigenvalue weighted by atomic mass is 16.2. The summed E-state index contributed by atoms with van der Waals surface area (Å²) in [4.78, 5) is 16.3. The molecule has 0 aromatic carbocycles. The number of hydrogen-bond donors (Lipinski definition) is 2. The molecule has 0 saturated carbocycles. The Hall–Kier alpha value is -2.31. The Kier molecular flexibility index (Phi) is 4.85. The zero-order valence-electron chi connectivity index (χ0n) is 13.6. The van der Waals surface area contributed by atoms with Gasteiger partial charge in [0.1, 0.15) is 0 Å². The summed E-state index contributed by atoms with van der Waals surface area (Å²) in [6, 6.07) is -0.251. The van der Waals surface area contributed by atoms with Crippen molar-refractivity contribution in [3.05, 3.63) is 31.1 Å². The van der Waals surface area contributed by atoms with Gasteiger partial charge in [0.2, 0.25) is 0 Å². The third-order valence-corrected chi connectivity index (χ3v) is 3.52. The second-order valence-corrected chi connectivity index (χ2v) is 6.36. The number of hydrogen-bond acceptors (Lipinski definition) is 3.